The number of carboxylic acids is 1. The highest BCUT2D eigenvalue weighted by molar-refractivity contribution is 8.05. The molecule has 1 aliphatic carbocycles. The maximum atomic E-state index is 15.7. The average molecular weight is 401 g/mol. The minimum absolute atomic E-state index is 0.123. The Morgan fingerprint density at radius 1 is 1.26 bits per heavy atom. The predicted octanol–water partition coefficient (Wildman–Crippen LogP) is 1.23. The normalized spacial score (nSPS) is 47.9. The second-order valence-electron chi connectivity index (χ2n) is 8.23. The van der Waals surface area contributed by atoms with E-state index in [1.54, 1.807) is 4.90 Å². The van der Waals surface area contributed by atoms with Crippen LogP contribution in [0, 0.1) is 11.8 Å². The van der Waals surface area contributed by atoms with Crippen molar-refractivity contribution in [3.63, 3.8) is 0 Å². The van der Waals surface area contributed by atoms with Crippen LogP contribution in [0.5, 0.6) is 0 Å². The Morgan fingerprint density at radius 3 is 2.44 bits per heavy atom. The second kappa shape index (κ2) is 6.70. The Morgan fingerprint density at radius 2 is 1.89 bits per heavy atom. The van der Waals surface area contributed by atoms with E-state index < -0.39 is 53.4 Å². The first-order valence-electron chi connectivity index (χ1n) is 9.39. The van der Waals surface area contributed by atoms with Crippen molar-refractivity contribution >= 4 is 23.5 Å². The lowest BCUT2D eigenvalue weighted by molar-refractivity contribution is -0.161. The fourth-order valence-electron chi connectivity index (χ4n) is 5.35. The SMILES string of the molecule is C=C1SC2C(C(=O)O)C(=O)C3CC(F)C(N4C[C@@H](C)N[C@@H](C)C4)C(F)C3N12. The van der Waals surface area contributed by atoms with Gasteiger partial charge >= 0.3 is 5.97 Å². The summed E-state index contributed by atoms with van der Waals surface area (Å²) in [7, 11) is 0. The highest BCUT2D eigenvalue weighted by Crippen LogP contribution is 2.54. The van der Waals surface area contributed by atoms with Gasteiger partial charge in [0.25, 0.3) is 0 Å². The van der Waals surface area contributed by atoms with Crippen LogP contribution in [0.4, 0.5) is 8.78 Å². The van der Waals surface area contributed by atoms with E-state index in [1.165, 1.54) is 11.8 Å². The molecule has 0 aromatic rings. The summed E-state index contributed by atoms with van der Waals surface area (Å²) in [6.45, 7) is 8.92. The Bertz CT molecular complexity index is 670. The van der Waals surface area contributed by atoms with Crippen LogP contribution in [0.2, 0.25) is 0 Å². The third-order valence-electron chi connectivity index (χ3n) is 6.29. The van der Waals surface area contributed by atoms with Crippen molar-refractivity contribution in [3.8, 4) is 0 Å². The quantitative estimate of drug-likeness (QED) is 0.675. The van der Waals surface area contributed by atoms with Crippen LogP contribution in [0.25, 0.3) is 0 Å². The van der Waals surface area contributed by atoms with E-state index in [2.05, 4.69) is 11.9 Å². The zero-order chi connectivity index (χ0) is 19.6. The Labute approximate surface area is 161 Å². The second-order valence-corrected chi connectivity index (χ2v) is 9.42. The number of carboxylic acid groups (broad SMARTS) is 1. The molecule has 0 amide bonds. The summed E-state index contributed by atoms with van der Waals surface area (Å²) in [5.41, 5.74) is 0. The number of rotatable bonds is 2. The maximum absolute atomic E-state index is 15.7. The van der Waals surface area contributed by atoms with Crippen LogP contribution in [-0.4, -0.2) is 81.6 Å². The topological polar surface area (TPSA) is 72.9 Å². The molecule has 9 atom stereocenters. The van der Waals surface area contributed by atoms with E-state index in [1.807, 2.05) is 18.7 Å². The number of halogens is 2. The third-order valence-corrected chi connectivity index (χ3v) is 7.51. The van der Waals surface area contributed by atoms with E-state index in [9.17, 15) is 14.7 Å². The van der Waals surface area contributed by atoms with Gasteiger partial charge in [-0.1, -0.05) is 18.3 Å². The largest absolute Gasteiger partial charge is 0.481 e. The summed E-state index contributed by atoms with van der Waals surface area (Å²) >= 11 is 1.19. The number of piperazine rings is 1. The zero-order valence-corrected chi connectivity index (χ0v) is 16.2. The maximum Gasteiger partial charge on any atom is 0.317 e. The van der Waals surface area contributed by atoms with Gasteiger partial charge in [-0.2, -0.15) is 0 Å². The van der Waals surface area contributed by atoms with Crippen molar-refractivity contribution in [1.29, 1.82) is 0 Å². The van der Waals surface area contributed by atoms with Gasteiger partial charge in [0, 0.05) is 31.1 Å². The van der Waals surface area contributed by atoms with Gasteiger partial charge in [0.05, 0.1) is 17.1 Å². The molecule has 9 heteroatoms. The van der Waals surface area contributed by atoms with Crippen molar-refractivity contribution in [2.45, 2.75) is 62.2 Å². The van der Waals surface area contributed by atoms with Crippen molar-refractivity contribution < 1.29 is 23.5 Å². The lowest BCUT2D eigenvalue weighted by Gasteiger charge is -2.60. The van der Waals surface area contributed by atoms with Crippen LogP contribution in [0.15, 0.2) is 11.6 Å². The van der Waals surface area contributed by atoms with Crippen LogP contribution in [0.3, 0.4) is 0 Å². The summed E-state index contributed by atoms with van der Waals surface area (Å²) in [5, 5.41) is 12.7. The van der Waals surface area contributed by atoms with Crippen LogP contribution < -0.4 is 5.32 Å². The molecule has 0 bridgehead atoms. The first-order chi connectivity index (χ1) is 12.7. The summed E-state index contributed by atoms with van der Waals surface area (Å²) < 4.78 is 30.8. The first-order valence-corrected chi connectivity index (χ1v) is 10.3. The van der Waals surface area contributed by atoms with Gasteiger partial charge in [0.2, 0.25) is 0 Å². The van der Waals surface area contributed by atoms with Gasteiger partial charge < -0.3 is 15.3 Å². The molecule has 6 nitrogen and oxygen atoms in total. The number of carbonyl (C=O) groups is 2. The van der Waals surface area contributed by atoms with E-state index in [4.69, 9.17) is 0 Å². The van der Waals surface area contributed by atoms with Crippen molar-refractivity contribution in [2.75, 3.05) is 13.1 Å². The van der Waals surface area contributed by atoms with E-state index in [-0.39, 0.29) is 18.5 Å². The molecule has 3 saturated heterocycles. The lowest BCUT2D eigenvalue weighted by Crippen LogP contribution is -2.73. The van der Waals surface area contributed by atoms with Crippen LogP contribution >= 0.6 is 11.8 Å². The van der Waals surface area contributed by atoms with Gasteiger partial charge in [0.1, 0.15) is 23.6 Å². The van der Waals surface area contributed by atoms with Crippen molar-refractivity contribution in [1.82, 2.24) is 15.1 Å². The lowest BCUT2D eigenvalue weighted by atomic mass is 9.70. The minimum Gasteiger partial charge on any atom is -0.481 e. The van der Waals surface area contributed by atoms with E-state index >= 15 is 8.78 Å². The molecule has 0 aromatic heterocycles. The molecule has 0 radical (unpaired) electrons. The molecule has 4 rings (SSSR count). The molecular formula is C18H25F2N3O3S. The Kier molecular flexibility index (Phi) is 4.75. The fraction of sp³-hybridized carbons (Fsp3) is 0.778. The molecule has 150 valence electrons. The number of nitrogens with zero attached hydrogens (tertiary/aromatic N) is 2. The number of hydrogen-bond donors (Lipinski definition) is 2. The number of piperidine rings is 1. The Hall–Kier alpha value is -1.19. The molecule has 1 saturated carbocycles. The molecule has 4 fully saturated rings. The van der Waals surface area contributed by atoms with Gasteiger partial charge in [-0.15, -0.1) is 0 Å². The van der Waals surface area contributed by atoms with E-state index in [0.29, 0.717) is 18.1 Å². The fourth-order valence-corrected chi connectivity index (χ4v) is 6.59. The standard InChI is InChI=1S/C18H25F2N3O3S/c1-7-5-22(6-8(2)21-7)15-11(19)4-10-14(13(15)20)23-9(3)27-17(23)12(16(10)24)18(25)26/h7-8,10-15,17,21H,3-6H2,1-2H3,(H,25,26)/t7-,8+,10?,11?,12?,13?,14?,15?,17?. The van der Waals surface area contributed by atoms with Gasteiger partial charge in [-0.05, 0) is 20.3 Å². The number of hydrogen-bond acceptors (Lipinski definition) is 6. The number of aliphatic carboxylic acids is 1. The summed E-state index contributed by atoms with van der Waals surface area (Å²) in [5.74, 6) is -3.97. The number of nitrogens with one attached hydrogen (secondary N) is 1. The number of thioether (sulfide) groups is 1. The predicted molar refractivity (Wildman–Crippen MR) is 97.6 cm³/mol. The Balaban J connectivity index is 1.64. The summed E-state index contributed by atoms with van der Waals surface area (Å²) in [6.07, 6.45) is -3.21. The van der Waals surface area contributed by atoms with Gasteiger partial charge in [0.15, 0.2) is 5.78 Å². The molecule has 27 heavy (non-hydrogen) atoms. The molecule has 2 N–H and O–H groups in total. The highest BCUT2D eigenvalue weighted by atomic mass is 32.2. The van der Waals surface area contributed by atoms with Gasteiger partial charge in [-0.3, -0.25) is 14.5 Å². The molecule has 0 spiro atoms. The minimum atomic E-state index is -1.57. The summed E-state index contributed by atoms with van der Waals surface area (Å²) in [4.78, 5) is 27.8. The molecule has 3 aliphatic heterocycles. The highest BCUT2D eigenvalue weighted by Gasteiger charge is 2.63. The average Bonchev–Trinajstić information content (AvgIpc) is 2.54. The number of carbonyl (C=O) groups excluding carboxylic acids is 1. The molecule has 4 aliphatic rings. The number of Topliss-reactive ketones (excluding diaryl/α,β-unsaturated/α-hetero) is 1. The van der Waals surface area contributed by atoms with Crippen molar-refractivity contribution in [3.05, 3.63) is 11.6 Å². The smallest absolute Gasteiger partial charge is 0.317 e. The summed E-state index contributed by atoms with van der Waals surface area (Å²) in [6, 6.07) is -1.51. The molecular weight excluding hydrogens is 376 g/mol. The zero-order valence-electron chi connectivity index (χ0n) is 15.3. The first kappa shape index (κ1) is 19.1. The number of fused-ring (bicyclic) bond motifs is 3. The molecule has 0 aromatic carbocycles. The van der Waals surface area contributed by atoms with Crippen molar-refractivity contribution in [2.24, 2.45) is 11.8 Å². The van der Waals surface area contributed by atoms with E-state index in [0.717, 1.165) is 0 Å². The number of ketones is 1. The van der Waals surface area contributed by atoms with Crippen LogP contribution in [0.1, 0.15) is 20.3 Å². The molecule has 7 unspecified atom stereocenters. The van der Waals surface area contributed by atoms with Crippen LogP contribution in [-0.2, 0) is 9.59 Å². The monoisotopic (exact) mass is 401 g/mol. The van der Waals surface area contributed by atoms with Gasteiger partial charge in [-0.25, -0.2) is 8.78 Å². The molecule has 3 heterocycles. The number of alkyl halides is 2. The third kappa shape index (κ3) is 2.89.